The Bertz CT molecular complexity index is 385. The molecule has 0 aromatic heterocycles. The van der Waals surface area contributed by atoms with Crippen molar-refractivity contribution < 1.29 is 15.2 Å². The van der Waals surface area contributed by atoms with Crippen molar-refractivity contribution in [2.24, 2.45) is 0 Å². The van der Waals surface area contributed by atoms with Crippen molar-refractivity contribution >= 4 is 29.3 Å². The molecule has 0 radical (unpaired) electrons. The first-order chi connectivity index (χ1) is 7.16. The summed E-state index contributed by atoms with van der Waals surface area (Å²) in [5.74, 6) is -0.411. The SMILES string of the molecule is O=C([O-])[C@@H]1CS[C@@H](c2cccc(Cl)c2)[NH2+]1. The lowest BCUT2D eigenvalue weighted by Crippen LogP contribution is -2.90. The minimum atomic E-state index is -0.993. The van der Waals surface area contributed by atoms with E-state index in [1.54, 1.807) is 17.8 Å². The summed E-state index contributed by atoms with van der Waals surface area (Å²) in [6, 6.07) is 7.06. The Kier molecular flexibility index (Phi) is 3.19. The van der Waals surface area contributed by atoms with Crippen LogP contribution in [0.5, 0.6) is 0 Å². The Labute approximate surface area is 96.8 Å². The smallest absolute Gasteiger partial charge is 0.159 e. The van der Waals surface area contributed by atoms with Gasteiger partial charge >= 0.3 is 0 Å². The van der Waals surface area contributed by atoms with Crippen molar-refractivity contribution in [3.8, 4) is 0 Å². The maximum absolute atomic E-state index is 10.7. The van der Waals surface area contributed by atoms with Gasteiger partial charge in [-0.25, -0.2) is 0 Å². The highest BCUT2D eigenvalue weighted by Crippen LogP contribution is 2.28. The van der Waals surface area contributed by atoms with Gasteiger partial charge in [0.15, 0.2) is 5.37 Å². The Balaban J connectivity index is 2.11. The largest absolute Gasteiger partial charge is 0.544 e. The van der Waals surface area contributed by atoms with Crippen LogP contribution >= 0.6 is 23.4 Å². The number of thioether (sulfide) groups is 1. The monoisotopic (exact) mass is 243 g/mol. The highest BCUT2D eigenvalue weighted by atomic mass is 35.5. The summed E-state index contributed by atoms with van der Waals surface area (Å²) in [6.45, 7) is 0. The molecule has 15 heavy (non-hydrogen) atoms. The van der Waals surface area contributed by atoms with E-state index in [0.29, 0.717) is 10.8 Å². The van der Waals surface area contributed by atoms with Crippen molar-refractivity contribution in [3.05, 3.63) is 34.9 Å². The van der Waals surface area contributed by atoms with Crippen LogP contribution in [-0.2, 0) is 4.79 Å². The maximum Gasteiger partial charge on any atom is 0.159 e. The molecule has 1 fully saturated rings. The van der Waals surface area contributed by atoms with Gasteiger partial charge in [0.25, 0.3) is 0 Å². The van der Waals surface area contributed by atoms with Gasteiger partial charge in [-0.1, -0.05) is 35.5 Å². The van der Waals surface area contributed by atoms with Crippen molar-refractivity contribution in [2.45, 2.75) is 11.4 Å². The molecule has 0 aliphatic carbocycles. The van der Waals surface area contributed by atoms with Gasteiger partial charge in [0.2, 0.25) is 0 Å². The average Bonchev–Trinajstić information content (AvgIpc) is 2.66. The van der Waals surface area contributed by atoms with Crippen molar-refractivity contribution in [2.75, 3.05) is 5.75 Å². The van der Waals surface area contributed by atoms with E-state index >= 15 is 0 Å². The Morgan fingerprint density at radius 1 is 1.60 bits per heavy atom. The normalized spacial score (nSPS) is 25.4. The Morgan fingerprint density at radius 2 is 2.40 bits per heavy atom. The van der Waals surface area contributed by atoms with E-state index < -0.39 is 12.0 Å². The lowest BCUT2D eigenvalue weighted by Gasteiger charge is -2.10. The molecule has 5 heteroatoms. The topological polar surface area (TPSA) is 56.7 Å². The van der Waals surface area contributed by atoms with Gasteiger partial charge in [0.1, 0.15) is 12.0 Å². The number of benzene rings is 1. The molecule has 80 valence electrons. The summed E-state index contributed by atoms with van der Waals surface area (Å²) in [4.78, 5) is 10.7. The number of rotatable bonds is 2. The molecular formula is C10H10ClNO2S. The number of quaternary nitrogens is 1. The molecule has 0 bridgehead atoms. The van der Waals surface area contributed by atoms with Crippen LogP contribution in [0.1, 0.15) is 10.9 Å². The fourth-order valence-corrected chi connectivity index (χ4v) is 3.07. The van der Waals surface area contributed by atoms with Crippen LogP contribution < -0.4 is 10.4 Å². The van der Waals surface area contributed by atoms with Crippen molar-refractivity contribution in [1.29, 1.82) is 0 Å². The highest BCUT2D eigenvalue weighted by molar-refractivity contribution is 7.99. The predicted molar refractivity (Wildman–Crippen MR) is 57.4 cm³/mol. The summed E-state index contributed by atoms with van der Waals surface area (Å²) in [7, 11) is 0. The molecule has 0 unspecified atom stereocenters. The molecule has 1 heterocycles. The van der Waals surface area contributed by atoms with Gasteiger partial charge in [-0.05, 0) is 12.1 Å². The molecule has 1 aromatic carbocycles. The van der Waals surface area contributed by atoms with E-state index in [4.69, 9.17) is 11.6 Å². The third kappa shape index (κ3) is 2.45. The molecule has 1 aromatic rings. The lowest BCUT2D eigenvalue weighted by molar-refractivity contribution is -0.690. The summed E-state index contributed by atoms with van der Waals surface area (Å²) in [5, 5.41) is 13.3. The zero-order chi connectivity index (χ0) is 10.8. The van der Waals surface area contributed by atoms with Crippen molar-refractivity contribution in [3.63, 3.8) is 0 Å². The molecule has 1 saturated heterocycles. The predicted octanol–water partition coefficient (Wildman–Crippen LogP) is -0.233. The zero-order valence-corrected chi connectivity index (χ0v) is 9.42. The van der Waals surface area contributed by atoms with Crippen LogP contribution in [-0.4, -0.2) is 17.8 Å². The molecule has 0 saturated carbocycles. The number of hydrogen-bond acceptors (Lipinski definition) is 3. The van der Waals surface area contributed by atoms with Gasteiger partial charge < -0.3 is 15.2 Å². The Morgan fingerprint density at radius 3 is 3.00 bits per heavy atom. The number of carboxylic acid groups (broad SMARTS) is 1. The van der Waals surface area contributed by atoms with Crippen LogP contribution in [0.4, 0.5) is 0 Å². The number of halogens is 1. The third-order valence-corrected chi connectivity index (χ3v) is 3.92. The number of carbonyl (C=O) groups excluding carboxylic acids is 1. The molecule has 1 aliphatic heterocycles. The third-order valence-electron chi connectivity index (χ3n) is 2.34. The molecule has 0 amide bonds. The standard InChI is InChI=1S/C10H10ClNO2S/c11-7-3-1-2-6(4-7)9-12-8(5-15-9)10(13)14/h1-4,8-9,12H,5H2,(H,13,14)/t8-,9-/m0/s1. The number of hydrogen-bond donors (Lipinski definition) is 1. The number of carbonyl (C=O) groups is 1. The van der Waals surface area contributed by atoms with E-state index in [-0.39, 0.29) is 5.37 Å². The fraction of sp³-hybridized carbons (Fsp3) is 0.300. The van der Waals surface area contributed by atoms with Gasteiger partial charge in [0, 0.05) is 10.6 Å². The highest BCUT2D eigenvalue weighted by Gasteiger charge is 2.30. The van der Waals surface area contributed by atoms with E-state index in [2.05, 4.69) is 0 Å². The first-order valence-corrected chi connectivity index (χ1v) is 6.02. The van der Waals surface area contributed by atoms with Gasteiger partial charge in [-0.2, -0.15) is 0 Å². The lowest BCUT2D eigenvalue weighted by atomic mass is 10.2. The molecule has 3 nitrogen and oxygen atoms in total. The van der Waals surface area contributed by atoms with Crippen molar-refractivity contribution in [1.82, 2.24) is 0 Å². The fourth-order valence-electron chi connectivity index (χ4n) is 1.57. The summed E-state index contributed by atoms with van der Waals surface area (Å²) < 4.78 is 0. The van der Waals surface area contributed by atoms with E-state index in [1.165, 1.54) is 0 Å². The maximum atomic E-state index is 10.7. The second kappa shape index (κ2) is 4.43. The van der Waals surface area contributed by atoms with Crippen LogP contribution in [0.3, 0.4) is 0 Å². The average molecular weight is 244 g/mol. The molecule has 2 atom stereocenters. The zero-order valence-electron chi connectivity index (χ0n) is 7.85. The molecule has 0 spiro atoms. The number of nitrogens with two attached hydrogens (primary N) is 1. The number of aliphatic carboxylic acids is 1. The second-order valence-electron chi connectivity index (χ2n) is 3.43. The van der Waals surface area contributed by atoms with Crippen LogP contribution in [0.25, 0.3) is 0 Å². The van der Waals surface area contributed by atoms with Gasteiger partial charge in [-0.3, -0.25) is 0 Å². The quantitative estimate of drug-likeness (QED) is 0.781. The number of carboxylic acids is 1. The van der Waals surface area contributed by atoms with E-state index in [1.807, 2.05) is 23.5 Å². The summed E-state index contributed by atoms with van der Waals surface area (Å²) in [5.41, 5.74) is 1.05. The van der Waals surface area contributed by atoms with Crippen LogP contribution in [0.15, 0.2) is 24.3 Å². The van der Waals surface area contributed by atoms with Crippen LogP contribution in [0, 0.1) is 0 Å². The minimum absolute atomic E-state index is 0.117. The first kappa shape index (κ1) is 10.8. The molecule has 2 rings (SSSR count). The first-order valence-electron chi connectivity index (χ1n) is 4.60. The second-order valence-corrected chi connectivity index (χ2v) is 5.04. The van der Waals surface area contributed by atoms with Crippen LogP contribution in [0.2, 0.25) is 5.02 Å². The minimum Gasteiger partial charge on any atom is -0.544 e. The van der Waals surface area contributed by atoms with Gasteiger partial charge in [-0.15, -0.1) is 0 Å². The summed E-state index contributed by atoms with van der Waals surface area (Å²) in [6.07, 6.45) is 0. The molecule has 1 aliphatic rings. The molecule has 2 N–H and O–H groups in total. The summed E-state index contributed by atoms with van der Waals surface area (Å²) >= 11 is 7.48. The van der Waals surface area contributed by atoms with Gasteiger partial charge in [0.05, 0.1) is 5.75 Å². The Hall–Kier alpha value is -0.710. The van der Waals surface area contributed by atoms with E-state index in [9.17, 15) is 9.90 Å². The molecular weight excluding hydrogens is 234 g/mol. The van der Waals surface area contributed by atoms with E-state index in [0.717, 1.165) is 5.56 Å².